The summed E-state index contributed by atoms with van der Waals surface area (Å²) < 4.78 is 11.4. The second-order valence-electron chi connectivity index (χ2n) is 6.06. The second kappa shape index (κ2) is 7.77. The summed E-state index contributed by atoms with van der Waals surface area (Å²) in [5.41, 5.74) is 0.994. The fourth-order valence-electron chi connectivity index (χ4n) is 2.66. The molecule has 1 amide bonds. The monoisotopic (exact) mass is 346 g/mol. The van der Waals surface area contributed by atoms with Gasteiger partial charge in [0.05, 0.1) is 25.7 Å². The molecule has 0 bridgehead atoms. The van der Waals surface area contributed by atoms with E-state index in [1.54, 1.807) is 17.5 Å². The molecule has 0 spiro atoms. The Kier molecular flexibility index (Phi) is 5.48. The van der Waals surface area contributed by atoms with Crippen molar-refractivity contribution in [3.05, 3.63) is 46.4 Å². The van der Waals surface area contributed by atoms with E-state index in [9.17, 15) is 4.79 Å². The molecule has 1 aliphatic heterocycles. The molecule has 0 radical (unpaired) electrons. The van der Waals surface area contributed by atoms with Crippen molar-refractivity contribution >= 4 is 17.2 Å². The number of rotatable bonds is 5. The van der Waals surface area contributed by atoms with Gasteiger partial charge in [0, 0.05) is 18.1 Å². The van der Waals surface area contributed by atoms with E-state index in [2.05, 4.69) is 4.98 Å². The van der Waals surface area contributed by atoms with E-state index in [0.29, 0.717) is 26.1 Å². The molecule has 0 aliphatic carbocycles. The minimum absolute atomic E-state index is 0.107. The SMILES string of the molecule is CC(C)Oc1ccc(CC(=O)N2CCO[C@@H](c3nccs3)C2)cc1. The third-order valence-corrected chi connectivity index (χ3v) is 4.66. The Morgan fingerprint density at radius 2 is 2.21 bits per heavy atom. The van der Waals surface area contributed by atoms with Crippen LogP contribution in [0.4, 0.5) is 0 Å². The Bertz CT molecular complexity index is 655. The van der Waals surface area contributed by atoms with Gasteiger partial charge in [0.15, 0.2) is 0 Å². The van der Waals surface area contributed by atoms with Crippen molar-refractivity contribution in [2.75, 3.05) is 19.7 Å². The van der Waals surface area contributed by atoms with Crippen LogP contribution in [0.25, 0.3) is 0 Å². The fourth-order valence-corrected chi connectivity index (χ4v) is 3.34. The van der Waals surface area contributed by atoms with Crippen LogP contribution in [-0.4, -0.2) is 41.6 Å². The third-order valence-electron chi connectivity index (χ3n) is 3.80. The minimum Gasteiger partial charge on any atom is -0.491 e. The number of thiazole rings is 1. The van der Waals surface area contributed by atoms with E-state index < -0.39 is 0 Å². The summed E-state index contributed by atoms with van der Waals surface area (Å²) in [6, 6.07) is 7.74. The first-order chi connectivity index (χ1) is 11.6. The Labute approximate surface area is 146 Å². The Hall–Kier alpha value is -1.92. The molecule has 1 aliphatic rings. The van der Waals surface area contributed by atoms with E-state index >= 15 is 0 Å². The number of carbonyl (C=O) groups is 1. The molecule has 1 aromatic heterocycles. The highest BCUT2D eigenvalue weighted by Crippen LogP contribution is 2.24. The lowest BCUT2D eigenvalue weighted by atomic mass is 10.1. The number of morpholine rings is 1. The summed E-state index contributed by atoms with van der Waals surface area (Å²) in [6.07, 6.45) is 2.20. The maximum atomic E-state index is 12.6. The first-order valence-corrected chi connectivity index (χ1v) is 9.04. The Morgan fingerprint density at radius 3 is 2.88 bits per heavy atom. The van der Waals surface area contributed by atoms with E-state index in [1.807, 2.05) is 48.4 Å². The number of hydrogen-bond acceptors (Lipinski definition) is 5. The molecular weight excluding hydrogens is 324 g/mol. The van der Waals surface area contributed by atoms with Gasteiger partial charge in [-0.15, -0.1) is 11.3 Å². The maximum Gasteiger partial charge on any atom is 0.227 e. The average molecular weight is 346 g/mol. The number of benzene rings is 1. The predicted octanol–water partition coefficient (Wildman–Crippen LogP) is 3.07. The number of hydrogen-bond donors (Lipinski definition) is 0. The van der Waals surface area contributed by atoms with Crippen molar-refractivity contribution in [2.24, 2.45) is 0 Å². The van der Waals surface area contributed by atoms with Gasteiger partial charge in [0.1, 0.15) is 16.9 Å². The zero-order chi connectivity index (χ0) is 16.9. The molecule has 2 heterocycles. The molecule has 1 aromatic carbocycles. The van der Waals surface area contributed by atoms with Crippen molar-refractivity contribution in [2.45, 2.75) is 32.5 Å². The molecular formula is C18H22N2O3S. The van der Waals surface area contributed by atoms with Gasteiger partial charge in [-0.05, 0) is 31.5 Å². The van der Waals surface area contributed by atoms with Gasteiger partial charge in [-0.1, -0.05) is 12.1 Å². The summed E-state index contributed by atoms with van der Waals surface area (Å²) in [7, 11) is 0. The van der Waals surface area contributed by atoms with Gasteiger partial charge in [-0.25, -0.2) is 4.98 Å². The topological polar surface area (TPSA) is 51.7 Å². The number of nitrogens with zero attached hydrogens (tertiary/aromatic N) is 2. The number of carbonyl (C=O) groups excluding carboxylic acids is 1. The molecule has 0 unspecified atom stereocenters. The minimum atomic E-state index is -0.107. The van der Waals surface area contributed by atoms with Crippen LogP contribution in [0.15, 0.2) is 35.8 Å². The van der Waals surface area contributed by atoms with Crippen LogP contribution in [0.1, 0.15) is 30.5 Å². The normalized spacial score (nSPS) is 18.0. The summed E-state index contributed by atoms with van der Waals surface area (Å²) in [5.74, 6) is 0.953. The van der Waals surface area contributed by atoms with E-state index in [-0.39, 0.29) is 18.1 Å². The first-order valence-electron chi connectivity index (χ1n) is 8.16. The van der Waals surface area contributed by atoms with Crippen LogP contribution in [0.5, 0.6) is 5.75 Å². The maximum absolute atomic E-state index is 12.6. The largest absolute Gasteiger partial charge is 0.491 e. The number of ether oxygens (including phenoxy) is 2. The van der Waals surface area contributed by atoms with Gasteiger partial charge >= 0.3 is 0 Å². The van der Waals surface area contributed by atoms with Gasteiger partial charge in [-0.3, -0.25) is 4.79 Å². The van der Waals surface area contributed by atoms with Crippen LogP contribution >= 0.6 is 11.3 Å². The fraction of sp³-hybridized carbons (Fsp3) is 0.444. The number of aromatic nitrogens is 1. The molecule has 1 atom stereocenters. The molecule has 5 nitrogen and oxygen atoms in total. The van der Waals surface area contributed by atoms with Crippen molar-refractivity contribution < 1.29 is 14.3 Å². The van der Waals surface area contributed by atoms with Gasteiger partial charge < -0.3 is 14.4 Å². The smallest absolute Gasteiger partial charge is 0.227 e. The van der Waals surface area contributed by atoms with Gasteiger partial charge in [0.2, 0.25) is 5.91 Å². The first kappa shape index (κ1) is 16.9. The van der Waals surface area contributed by atoms with Crippen LogP contribution in [0, 0.1) is 0 Å². The van der Waals surface area contributed by atoms with Crippen molar-refractivity contribution in [3.8, 4) is 5.75 Å². The van der Waals surface area contributed by atoms with Gasteiger partial charge in [0.25, 0.3) is 0 Å². The lowest BCUT2D eigenvalue weighted by Gasteiger charge is -2.32. The van der Waals surface area contributed by atoms with Gasteiger partial charge in [-0.2, -0.15) is 0 Å². The molecule has 128 valence electrons. The lowest BCUT2D eigenvalue weighted by Crippen LogP contribution is -2.42. The van der Waals surface area contributed by atoms with Crippen LogP contribution in [0.3, 0.4) is 0 Å². The van der Waals surface area contributed by atoms with Crippen LogP contribution in [-0.2, 0) is 16.0 Å². The molecule has 0 saturated carbocycles. The lowest BCUT2D eigenvalue weighted by molar-refractivity contribution is -0.138. The van der Waals surface area contributed by atoms with E-state index in [4.69, 9.17) is 9.47 Å². The van der Waals surface area contributed by atoms with E-state index in [0.717, 1.165) is 16.3 Å². The summed E-state index contributed by atoms with van der Waals surface area (Å²) in [4.78, 5) is 18.7. The highest BCUT2D eigenvalue weighted by Gasteiger charge is 2.26. The van der Waals surface area contributed by atoms with Crippen LogP contribution < -0.4 is 4.74 Å². The highest BCUT2D eigenvalue weighted by molar-refractivity contribution is 7.09. The van der Waals surface area contributed by atoms with Crippen LogP contribution in [0.2, 0.25) is 0 Å². The van der Waals surface area contributed by atoms with Crippen molar-refractivity contribution in [1.82, 2.24) is 9.88 Å². The number of amides is 1. The Morgan fingerprint density at radius 1 is 1.42 bits per heavy atom. The highest BCUT2D eigenvalue weighted by atomic mass is 32.1. The third kappa shape index (κ3) is 4.33. The molecule has 1 saturated heterocycles. The standard InChI is InChI=1S/C18H22N2O3S/c1-13(2)23-15-5-3-14(4-6-15)11-17(21)20-8-9-22-16(12-20)18-19-7-10-24-18/h3-7,10,13,16H,8-9,11-12H2,1-2H3/t16-/m1/s1. The zero-order valence-corrected chi connectivity index (χ0v) is 14.8. The quantitative estimate of drug-likeness (QED) is 0.835. The summed E-state index contributed by atoms with van der Waals surface area (Å²) in [6.45, 7) is 5.75. The summed E-state index contributed by atoms with van der Waals surface area (Å²) in [5, 5.41) is 2.86. The van der Waals surface area contributed by atoms with Crippen molar-refractivity contribution in [1.29, 1.82) is 0 Å². The second-order valence-corrected chi connectivity index (χ2v) is 6.98. The Balaban J connectivity index is 1.58. The zero-order valence-electron chi connectivity index (χ0n) is 14.0. The molecule has 6 heteroatoms. The molecule has 24 heavy (non-hydrogen) atoms. The average Bonchev–Trinajstić information content (AvgIpc) is 3.11. The van der Waals surface area contributed by atoms with E-state index in [1.165, 1.54) is 0 Å². The summed E-state index contributed by atoms with van der Waals surface area (Å²) >= 11 is 1.57. The molecule has 0 N–H and O–H groups in total. The molecule has 1 fully saturated rings. The molecule has 2 aromatic rings. The molecule has 3 rings (SSSR count). The van der Waals surface area contributed by atoms with Crippen molar-refractivity contribution in [3.63, 3.8) is 0 Å². The predicted molar refractivity (Wildman–Crippen MR) is 93.3 cm³/mol.